The molecule has 1 aromatic carbocycles. The van der Waals surface area contributed by atoms with Crippen molar-refractivity contribution in [1.29, 1.82) is 5.26 Å². The maximum Gasteiger partial charge on any atom is 0.126 e. The van der Waals surface area contributed by atoms with Gasteiger partial charge in [0.1, 0.15) is 17.5 Å². The minimum Gasteiger partial charge on any atom is -0.377 e. The molecule has 0 radical (unpaired) electrons. The maximum absolute atomic E-state index is 8.93. The predicted octanol–water partition coefficient (Wildman–Crippen LogP) is 2.08. The fourth-order valence-electron chi connectivity index (χ4n) is 5.24. The third-order valence-electron chi connectivity index (χ3n) is 6.92. The number of pyridine rings is 1. The Hall–Kier alpha value is -2.54. The third kappa shape index (κ3) is 5.35. The molecule has 174 valence electrons. The van der Waals surface area contributed by atoms with E-state index in [1.54, 1.807) is 12.3 Å². The van der Waals surface area contributed by atoms with Crippen LogP contribution in [0.3, 0.4) is 0 Å². The zero-order valence-electron chi connectivity index (χ0n) is 18.9. The lowest BCUT2D eigenvalue weighted by atomic mass is 9.93. The van der Waals surface area contributed by atoms with E-state index in [1.807, 2.05) is 6.07 Å². The first-order valence-electron chi connectivity index (χ1n) is 11.8. The quantitative estimate of drug-likeness (QED) is 0.619. The molecule has 1 aromatic heterocycles. The van der Waals surface area contributed by atoms with Crippen LogP contribution in [-0.4, -0.2) is 67.5 Å². The molecule has 0 amide bonds. The average Bonchev–Trinajstić information content (AvgIpc) is 3.43. The Morgan fingerprint density at radius 2 is 2.15 bits per heavy atom. The second-order valence-electron chi connectivity index (χ2n) is 9.35. The molecule has 3 aliphatic heterocycles. The molecular formula is C25H32N6O2. The van der Waals surface area contributed by atoms with Gasteiger partial charge in [-0.15, -0.1) is 0 Å². The zero-order chi connectivity index (χ0) is 22.5. The summed E-state index contributed by atoms with van der Waals surface area (Å²) in [5.74, 6) is 1.26. The molecule has 3 aliphatic rings. The van der Waals surface area contributed by atoms with Gasteiger partial charge in [-0.25, -0.2) is 10.4 Å². The van der Waals surface area contributed by atoms with Gasteiger partial charge in [0.2, 0.25) is 0 Å². The van der Waals surface area contributed by atoms with Crippen molar-refractivity contribution in [3.05, 3.63) is 59.8 Å². The minimum absolute atomic E-state index is 0.123. The molecule has 3 fully saturated rings. The van der Waals surface area contributed by atoms with Crippen LogP contribution >= 0.6 is 0 Å². The molecule has 1 spiro atoms. The van der Waals surface area contributed by atoms with Gasteiger partial charge in [0.15, 0.2) is 0 Å². The lowest BCUT2D eigenvalue weighted by Gasteiger charge is -2.34. The molecule has 3 N–H and O–H groups in total. The van der Waals surface area contributed by atoms with Gasteiger partial charge in [0.25, 0.3) is 0 Å². The summed E-state index contributed by atoms with van der Waals surface area (Å²) in [5, 5.41) is 12.3. The summed E-state index contributed by atoms with van der Waals surface area (Å²) in [7, 11) is 0. The Bertz CT molecular complexity index is 950. The monoisotopic (exact) mass is 448 g/mol. The Morgan fingerprint density at radius 1 is 1.24 bits per heavy atom. The van der Waals surface area contributed by atoms with Crippen molar-refractivity contribution in [3.8, 4) is 6.07 Å². The maximum atomic E-state index is 8.93. The van der Waals surface area contributed by atoms with Gasteiger partial charge in [0, 0.05) is 44.8 Å². The zero-order valence-corrected chi connectivity index (χ0v) is 18.9. The highest BCUT2D eigenvalue weighted by molar-refractivity contribution is 5.39. The number of aromatic nitrogens is 1. The van der Waals surface area contributed by atoms with Crippen molar-refractivity contribution in [2.45, 2.75) is 30.6 Å². The number of ether oxygens (including phenoxy) is 2. The molecule has 0 aliphatic carbocycles. The number of nitrogens with one attached hydrogen (secondary N) is 3. The SMILES string of the molecule is N#Cc1ccc(NC[C@@H]2CC[C@]3(COCCN(CC4CNNC4c4ccccc4)C3)O2)nc1. The molecule has 8 heteroatoms. The Balaban J connectivity index is 1.17. The number of rotatable bonds is 6. The van der Waals surface area contributed by atoms with Gasteiger partial charge < -0.3 is 14.8 Å². The third-order valence-corrected chi connectivity index (χ3v) is 6.92. The van der Waals surface area contributed by atoms with Crippen molar-refractivity contribution in [1.82, 2.24) is 20.7 Å². The van der Waals surface area contributed by atoms with Crippen LogP contribution in [0.1, 0.15) is 30.0 Å². The Kier molecular flexibility index (Phi) is 6.85. The second-order valence-corrected chi connectivity index (χ2v) is 9.35. The number of hydrogen-bond acceptors (Lipinski definition) is 8. The smallest absolute Gasteiger partial charge is 0.126 e. The first kappa shape index (κ1) is 22.3. The lowest BCUT2D eigenvalue weighted by Crippen LogP contribution is -2.46. The highest BCUT2D eigenvalue weighted by atomic mass is 16.6. The van der Waals surface area contributed by atoms with Crippen LogP contribution in [0, 0.1) is 17.2 Å². The van der Waals surface area contributed by atoms with Gasteiger partial charge in [-0.05, 0) is 30.5 Å². The fraction of sp³-hybridized carbons (Fsp3) is 0.520. The predicted molar refractivity (Wildman–Crippen MR) is 125 cm³/mol. The minimum atomic E-state index is -0.247. The molecule has 4 atom stereocenters. The van der Waals surface area contributed by atoms with E-state index in [0.29, 0.717) is 30.7 Å². The van der Waals surface area contributed by atoms with E-state index in [4.69, 9.17) is 14.7 Å². The topological polar surface area (TPSA) is 94.5 Å². The molecule has 33 heavy (non-hydrogen) atoms. The molecule has 4 heterocycles. The Morgan fingerprint density at radius 3 is 2.97 bits per heavy atom. The van der Waals surface area contributed by atoms with E-state index in [9.17, 15) is 0 Å². The molecule has 3 saturated heterocycles. The van der Waals surface area contributed by atoms with Gasteiger partial charge in [0.05, 0.1) is 30.9 Å². The summed E-state index contributed by atoms with van der Waals surface area (Å²) in [4.78, 5) is 6.83. The van der Waals surface area contributed by atoms with E-state index in [-0.39, 0.29) is 11.7 Å². The normalized spacial score (nSPS) is 30.2. The molecule has 2 unspecified atom stereocenters. The van der Waals surface area contributed by atoms with Crippen LogP contribution in [0.2, 0.25) is 0 Å². The summed E-state index contributed by atoms with van der Waals surface area (Å²) in [5.41, 5.74) is 8.47. The number of benzene rings is 1. The van der Waals surface area contributed by atoms with Gasteiger partial charge in [-0.3, -0.25) is 10.3 Å². The summed E-state index contributed by atoms with van der Waals surface area (Å²) >= 11 is 0. The second kappa shape index (κ2) is 10.2. The lowest BCUT2D eigenvalue weighted by molar-refractivity contribution is -0.0828. The number of hydrazine groups is 1. The summed E-state index contributed by atoms with van der Waals surface area (Å²) in [6, 6.07) is 16.7. The highest BCUT2D eigenvalue weighted by Gasteiger charge is 2.43. The van der Waals surface area contributed by atoms with Gasteiger partial charge >= 0.3 is 0 Å². The van der Waals surface area contributed by atoms with E-state index in [1.165, 1.54) is 5.56 Å². The summed E-state index contributed by atoms with van der Waals surface area (Å²) in [6.07, 6.45) is 3.71. The molecule has 0 bridgehead atoms. The first-order valence-corrected chi connectivity index (χ1v) is 11.8. The standard InChI is InChI=1S/C25H32N6O2/c26-12-19-6-7-23(27-13-19)28-15-22-8-9-25(33-22)17-31(10-11-32-18-25)16-21-14-29-30-24(21)20-4-2-1-3-5-20/h1-7,13,21-22,24,29-30H,8-11,14-18H2,(H,27,28)/t21?,22-,24?,25-/m0/s1. The largest absolute Gasteiger partial charge is 0.377 e. The van der Waals surface area contributed by atoms with Crippen molar-refractivity contribution >= 4 is 5.82 Å². The van der Waals surface area contributed by atoms with Crippen LogP contribution in [0.25, 0.3) is 0 Å². The van der Waals surface area contributed by atoms with E-state index in [0.717, 1.165) is 51.4 Å². The number of nitriles is 1. The van der Waals surface area contributed by atoms with Crippen LogP contribution in [0.15, 0.2) is 48.7 Å². The molecule has 0 saturated carbocycles. The molecule has 8 nitrogen and oxygen atoms in total. The number of nitrogens with zero attached hydrogens (tertiary/aromatic N) is 3. The molecule has 2 aromatic rings. The highest BCUT2D eigenvalue weighted by Crippen LogP contribution is 2.34. The summed E-state index contributed by atoms with van der Waals surface area (Å²) < 4.78 is 12.6. The van der Waals surface area contributed by atoms with E-state index in [2.05, 4.69) is 62.5 Å². The van der Waals surface area contributed by atoms with Crippen LogP contribution < -0.4 is 16.2 Å². The van der Waals surface area contributed by atoms with E-state index >= 15 is 0 Å². The average molecular weight is 449 g/mol. The fourth-order valence-corrected chi connectivity index (χ4v) is 5.24. The molecule has 5 rings (SSSR count). The van der Waals surface area contributed by atoms with Crippen LogP contribution in [-0.2, 0) is 9.47 Å². The van der Waals surface area contributed by atoms with Crippen molar-refractivity contribution in [3.63, 3.8) is 0 Å². The summed E-state index contributed by atoms with van der Waals surface area (Å²) in [6.45, 7) is 5.89. The van der Waals surface area contributed by atoms with Gasteiger partial charge in [-0.2, -0.15) is 5.26 Å². The van der Waals surface area contributed by atoms with Crippen LogP contribution in [0.5, 0.6) is 0 Å². The number of anilines is 1. The number of hydrogen-bond donors (Lipinski definition) is 3. The van der Waals surface area contributed by atoms with Crippen molar-refractivity contribution < 1.29 is 9.47 Å². The van der Waals surface area contributed by atoms with E-state index < -0.39 is 0 Å². The Labute approximate surface area is 195 Å². The first-order chi connectivity index (χ1) is 16.2. The molecular weight excluding hydrogens is 416 g/mol. The van der Waals surface area contributed by atoms with Crippen molar-refractivity contribution in [2.24, 2.45) is 5.92 Å². The van der Waals surface area contributed by atoms with Crippen LogP contribution in [0.4, 0.5) is 5.82 Å². The van der Waals surface area contributed by atoms with Gasteiger partial charge in [-0.1, -0.05) is 30.3 Å². The van der Waals surface area contributed by atoms with Crippen molar-refractivity contribution in [2.75, 3.05) is 51.3 Å².